The second kappa shape index (κ2) is 4.97. The van der Waals surface area contributed by atoms with Crippen molar-refractivity contribution in [2.45, 2.75) is 52.1 Å². The minimum Gasteiger partial charge on any atom is -0.300 e. The molecular weight excluding hydrogens is 160 g/mol. The van der Waals surface area contributed by atoms with Crippen molar-refractivity contribution in [3.63, 3.8) is 0 Å². The predicted molar refractivity (Wildman–Crippen MR) is 57.8 cm³/mol. The molecule has 0 radical (unpaired) electrons. The predicted octanol–water partition coefficient (Wildman–Crippen LogP) is 2.21. The highest BCUT2D eigenvalue weighted by Crippen LogP contribution is 2.18. The lowest BCUT2D eigenvalue weighted by Gasteiger charge is -2.28. The number of nitrogens with one attached hydrogen (secondary N) is 1. The molecule has 0 aromatic carbocycles. The average Bonchev–Trinajstić information content (AvgIpc) is 2.86. The maximum atomic E-state index is 3.61. The molecule has 1 aliphatic rings. The van der Waals surface area contributed by atoms with E-state index in [1.165, 1.54) is 45.3 Å². The Labute approximate surface area is 82.7 Å². The van der Waals surface area contributed by atoms with Gasteiger partial charge in [-0.15, -0.1) is 0 Å². The molecule has 1 aliphatic heterocycles. The summed E-state index contributed by atoms with van der Waals surface area (Å²) in [6, 6.07) is 0. The summed E-state index contributed by atoms with van der Waals surface area (Å²) >= 11 is 0. The van der Waals surface area contributed by atoms with E-state index in [4.69, 9.17) is 0 Å². The molecule has 2 nitrogen and oxygen atoms in total. The van der Waals surface area contributed by atoms with Crippen molar-refractivity contribution in [1.29, 1.82) is 0 Å². The van der Waals surface area contributed by atoms with E-state index in [0.29, 0.717) is 0 Å². The minimum absolute atomic E-state index is 0.242. The van der Waals surface area contributed by atoms with Gasteiger partial charge < -0.3 is 0 Å². The highest BCUT2D eigenvalue weighted by atomic mass is 15.4. The van der Waals surface area contributed by atoms with Crippen LogP contribution >= 0.6 is 0 Å². The second-order valence-electron chi connectivity index (χ2n) is 4.53. The van der Waals surface area contributed by atoms with E-state index < -0.39 is 0 Å². The Bertz CT molecular complexity index is 139. The van der Waals surface area contributed by atoms with Crippen molar-refractivity contribution in [2.24, 2.45) is 0 Å². The molecule has 0 aromatic heterocycles. The van der Waals surface area contributed by atoms with Gasteiger partial charge in [-0.1, -0.05) is 26.2 Å². The number of hydrogen-bond acceptors (Lipinski definition) is 2. The van der Waals surface area contributed by atoms with Crippen LogP contribution in [0.2, 0.25) is 0 Å². The summed E-state index contributed by atoms with van der Waals surface area (Å²) in [6.07, 6.45) is 5.41. The van der Waals surface area contributed by atoms with Crippen LogP contribution in [0.25, 0.3) is 0 Å². The van der Waals surface area contributed by atoms with Crippen LogP contribution in [0.5, 0.6) is 0 Å². The van der Waals surface area contributed by atoms with Crippen molar-refractivity contribution in [3.8, 4) is 0 Å². The van der Waals surface area contributed by atoms with Gasteiger partial charge in [-0.2, -0.15) is 0 Å². The molecule has 1 rings (SSSR count). The van der Waals surface area contributed by atoms with Gasteiger partial charge in [0.05, 0.1) is 5.66 Å². The van der Waals surface area contributed by atoms with Gasteiger partial charge in [0.1, 0.15) is 0 Å². The fourth-order valence-corrected chi connectivity index (χ4v) is 1.67. The third-order valence-electron chi connectivity index (χ3n) is 2.83. The molecule has 0 saturated carbocycles. The van der Waals surface area contributed by atoms with Crippen LogP contribution < -0.4 is 5.32 Å². The van der Waals surface area contributed by atoms with Crippen LogP contribution in [-0.2, 0) is 0 Å². The summed E-state index contributed by atoms with van der Waals surface area (Å²) in [5.74, 6) is 0. The van der Waals surface area contributed by atoms with Gasteiger partial charge in [0.2, 0.25) is 0 Å². The Morgan fingerprint density at radius 2 is 1.85 bits per heavy atom. The summed E-state index contributed by atoms with van der Waals surface area (Å²) in [5.41, 5.74) is 0.242. The van der Waals surface area contributed by atoms with Crippen LogP contribution in [0.1, 0.15) is 46.5 Å². The van der Waals surface area contributed by atoms with E-state index in [1.54, 1.807) is 0 Å². The van der Waals surface area contributed by atoms with E-state index in [2.05, 4.69) is 31.0 Å². The molecule has 78 valence electrons. The molecule has 0 spiro atoms. The zero-order valence-corrected chi connectivity index (χ0v) is 9.40. The van der Waals surface area contributed by atoms with Gasteiger partial charge >= 0.3 is 0 Å². The number of rotatable bonds is 7. The Morgan fingerprint density at radius 1 is 1.15 bits per heavy atom. The first kappa shape index (κ1) is 11.0. The van der Waals surface area contributed by atoms with E-state index in [9.17, 15) is 0 Å². The highest BCUT2D eigenvalue weighted by Gasteiger charge is 2.33. The maximum Gasteiger partial charge on any atom is 0.0655 e. The van der Waals surface area contributed by atoms with Gasteiger partial charge in [0.15, 0.2) is 0 Å². The SMILES string of the molecule is CCCCCCNC(C)(C)N1CC1. The molecule has 0 atom stereocenters. The average molecular weight is 184 g/mol. The Kier molecular flexibility index (Phi) is 4.20. The van der Waals surface area contributed by atoms with Gasteiger partial charge in [-0.3, -0.25) is 10.2 Å². The van der Waals surface area contributed by atoms with Crippen molar-refractivity contribution in [1.82, 2.24) is 10.2 Å². The monoisotopic (exact) mass is 184 g/mol. The first-order valence-electron chi connectivity index (χ1n) is 5.67. The van der Waals surface area contributed by atoms with E-state index in [0.717, 1.165) is 0 Å². The third-order valence-corrected chi connectivity index (χ3v) is 2.83. The van der Waals surface area contributed by atoms with Crippen molar-refractivity contribution >= 4 is 0 Å². The van der Waals surface area contributed by atoms with Gasteiger partial charge in [-0.25, -0.2) is 0 Å². The van der Waals surface area contributed by atoms with Gasteiger partial charge in [0, 0.05) is 13.1 Å². The fraction of sp³-hybridized carbons (Fsp3) is 1.00. The Hall–Kier alpha value is -0.0800. The summed E-state index contributed by atoms with van der Waals surface area (Å²) in [5, 5.41) is 3.61. The van der Waals surface area contributed by atoms with Crippen molar-refractivity contribution in [3.05, 3.63) is 0 Å². The van der Waals surface area contributed by atoms with E-state index >= 15 is 0 Å². The molecule has 13 heavy (non-hydrogen) atoms. The van der Waals surface area contributed by atoms with Crippen LogP contribution in [0.4, 0.5) is 0 Å². The Balaban J connectivity index is 1.97. The largest absolute Gasteiger partial charge is 0.300 e. The molecule has 0 aromatic rings. The van der Waals surface area contributed by atoms with Gasteiger partial charge in [-0.05, 0) is 26.8 Å². The van der Waals surface area contributed by atoms with Gasteiger partial charge in [0.25, 0.3) is 0 Å². The number of unbranched alkanes of at least 4 members (excludes halogenated alkanes) is 3. The summed E-state index contributed by atoms with van der Waals surface area (Å²) in [6.45, 7) is 10.5. The summed E-state index contributed by atoms with van der Waals surface area (Å²) in [7, 11) is 0. The van der Waals surface area contributed by atoms with Crippen molar-refractivity contribution < 1.29 is 0 Å². The summed E-state index contributed by atoms with van der Waals surface area (Å²) < 4.78 is 0. The first-order valence-corrected chi connectivity index (χ1v) is 5.67. The lowest BCUT2D eigenvalue weighted by molar-refractivity contribution is 0.218. The minimum atomic E-state index is 0.242. The first-order chi connectivity index (χ1) is 6.17. The lowest BCUT2D eigenvalue weighted by atomic mass is 10.2. The molecule has 1 N–H and O–H groups in total. The quantitative estimate of drug-likeness (QED) is 0.482. The molecule has 0 bridgehead atoms. The van der Waals surface area contributed by atoms with Crippen LogP contribution in [-0.4, -0.2) is 30.2 Å². The number of hydrogen-bond donors (Lipinski definition) is 1. The fourth-order valence-electron chi connectivity index (χ4n) is 1.67. The summed E-state index contributed by atoms with van der Waals surface area (Å²) in [4.78, 5) is 2.47. The highest BCUT2D eigenvalue weighted by molar-refractivity contribution is 4.87. The van der Waals surface area contributed by atoms with E-state index in [-0.39, 0.29) is 5.66 Å². The zero-order chi connectivity index (χ0) is 9.73. The van der Waals surface area contributed by atoms with Crippen LogP contribution in [0.15, 0.2) is 0 Å². The Morgan fingerprint density at radius 3 is 2.38 bits per heavy atom. The van der Waals surface area contributed by atoms with Crippen LogP contribution in [0, 0.1) is 0 Å². The van der Waals surface area contributed by atoms with Crippen molar-refractivity contribution in [2.75, 3.05) is 19.6 Å². The molecule has 0 aliphatic carbocycles. The second-order valence-corrected chi connectivity index (χ2v) is 4.53. The molecule has 0 unspecified atom stereocenters. The molecular formula is C11H24N2. The standard InChI is InChI=1S/C11H24N2/c1-4-5-6-7-8-12-11(2,3)13-9-10-13/h12H,4-10H2,1-3H3. The third kappa shape index (κ3) is 4.10. The molecule has 1 fully saturated rings. The van der Waals surface area contributed by atoms with E-state index in [1.807, 2.05) is 0 Å². The molecule has 0 amide bonds. The smallest absolute Gasteiger partial charge is 0.0655 e. The number of nitrogens with zero attached hydrogens (tertiary/aromatic N) is 1. The molecule has 2 heteroatoms. The maximum absolute atomic E-state index is 3.61. The topological polar surface area (TPSA) is 15.0 Å². The molecule has 1 heterocycles. The molecule has 1 saturated heterocycles. The normalized spacial score (nSPS) is 17.8. The zero-order valence-electron chi connectivity index (χ0n) is 9.40. The lowest BCUT2D eigenvalue weighted by Crippen LogP contribution is -2.46. The van der Waals surface area contributed by atoms with Crippen LogP contribution in [0.3, 0.4) is 0 Å².